The minimum atomic E-state index is -0.419. The molecule has 1 aliphatic heterocycles. The molecule has 0 saturated carbocycles. The van der Waals surface area contributed by atoms with Crippen molar-refractivity contribution in [1.82, 2.24) is 4.98 Å². The van der Waals surface area contributed by atoms with Gasteiger partial charge in [-0.05, 0) is 55.7 Å². The molecule has 106 valence electrons. The monoisotopic (exact) mass is 262 g/mol. The van der Waals surface area contributed by atoms with Crippen molar-refractivity contribution in [2.75, 3.05) is 18.0 Å². The number of nitrogens with zero attached hydrogens (tertiary/aromatic N) is 2. The molecule has 1 aliphatic rings. The van der Waals surface area contributed by atoms with Crippen LogP contribution in [0.3, 0.4) is 0 Å². The maximum Gasteiger partial charge on any atom is 0.128 e. The largest absolute Gasteiger partial charge is 0.389 e. The van der Waals surface area contributed by atoms with E-state index in [1.807, 2.05) is 18.3 Å². The summed E-state index contributed by atoms with van der Waals surface area (Å²) in [4.78, 5) is 6.84. The first-order valence-electron chi connectivity index (χ1n) is 7.47. The third kappa shape index (κ3) is 3.69. The van der Waals surface area contributed by atoms with Crippen LogP contribution in [0.2, 0.25) is 0 Å². The molecule has 1 aromatic heterocycles. The van der Waals surface area contributed by atoms with E-state index < -0.39 is 6.10 Å². The lowest BCUT2D eigenvalue weighted by Crippen LogP contribution is -2.25. The molecular formula is C16H26N2O. The van der Waals surface area contributed by atoms with Crippen molar-refractivity contribution in [1.29, 1.82) is 0 Å². The Labute approximate surface area is 116 Å². The second-order valence-electron chi connectivity index (χ2n) is 6.05. The van der Waals surface area contributed by atoms with Crippen molar-refractivity contribution in [3.8, 4) is 0 Å². The lowest BCUT2D eigenvalue weighted by Gasteiger charge is -2.23. The number of hydrogen-bond acceptors (Lipinski definition) is 3. The van der Waals surface area contributed by atoms with Gasteiger partial charge in [-0.1, -0.05) is 13.8 Å². The van der Waals surface area contributed by atoms with Gasteiger partial charge >= 0.3 is 0 Å². The van der Waals surface area contributed by atoms with Crippen LogP contribution in [0, 0.1) is 11.8 Å². The number of anilines is 1. The van der Waals surface area contributed by atoms with Crippen molar-refractivity contribution in [3.63, 3.8) is 0 Å². The van der Waals surface area contributed by atoms with E-state index in [1.165, 1.54) is 19.3 Å². The third-order valence-electron chi connectivity index (χ3n) is 4.29. The summed E-state index contributed by atoms with van der Waals surface area (Å²) in [5, 5.41) is 9.67. The summed E-state index contributed by atoms with van der Waals surface area (Å²) >= 11 is 0. The lowest BCUT2D eigenvalue weighted by atomic mass is 9.89. The van der Waals surface area contributed by atoms with Gasteiger partial charge in [0.05, 0.1) is 6.10 Å². The molecule has 19 heavy (non-hydrogen) atoms. The Morgan fingerprint density at radius 1 is 1.26 bits per heavy atom. The number of aromatic nitrogens is 1. The van der Waals surface area contributed by atoms with Gasteiger partial charge in [-0.2, -0.15) is 0 Å². The minimum absolute atomic E-state index is 0.419. The van der Waals surface area contributed by atoms with Crippen LogP contribution < -0.4 is 4.90 Å². The van der Waals surface area contributed by atoms with E-state index in [-0.39, 0.29) is 0 Å². The summed E-state index contributed by atoms with van der Waals surface area (Å²) < 4.78 is 0. The Hall–Kier alpha value is -1.09. The first-order chi connectivity index (χ1) is 9.08. The van der Waals surface area contributed by atoms with Crippen molar-refractivity contribution in [2.24, 2.45) is 11.8 Å². The van der Waals surface area contributed by atoms with E-state index in [0.29, 0.717) is 0 Å². The highest BCUT2D eigenvalue weighted by Gasteiger charge is 2.20. The van der Waals surface area contributed by atoms with E-state index in [0.717, 1.165) is 36.3 Å². The van der Waals surface area contributed by atoms with Crippen LogP contribution in [-0.2, 0) is 0 Å². The average molecular weight is 262 g/mol. The van der Waals surface area contributed by atoms with Crippen LogP contribution in [0.25, 0.3) is 0 Å². The summed E-state index contributed by atoms with van der Waals surface area (Å²) in [5.74, 6) is 2.63. The highest BCUT2D eigenvalue weighted by Crippen LogP contribution is 2.27. The Bertz CT molecular complexity index is 403. The summed E-state index contributed by atoms with van der Waals surface area (Å²) in [6.45, 7) is 8.62. The van der Waals surface area contributed by atoms with Crippen LogP contribution in [-0.4, -0.2) is 23.2 Å². The van der Waals surface area contributed by atoms with Gasteiger partial charge in [0.15, 0.2) is 0 Å². The predicted molar refractivity (Wildman–Crippen MR) is 79.3 cm³/mol. The molecule has 1 fully saturated rings. The molecule has 2 heterocycles. The van der Waals surface area contributed by atoms with E-state index in [4.69, 9.17) is 0 Å². The third-order valence-corrected chi connectivity index (χ3v) is 4.29. The molecule has 0 aromatic carbocycles. The number of hydrogen-bond donors (Lipinski definition) is 1. The molecule has 3 nitrogen and oxygen atoms in total. The summed E-state index contributed by atoms with van der Waals surface area (Å²) in [6, 6.07) is 3.92. The zero-order chi connectivity index (χ0) is 13.8. The standard InChI is InChI=1S/C16H26N2O/c1-12(2)14-5-4-9-18(10-7-14)16-11-15(13(3)19)6-8-17-16/h6,8,11-14,19H,4-5,7,9-10H2,1-3H3. The van der Waals surface area contributed by atoms with Crippen LogP contribution in [0.15, 0.2) is 18.3 Å². The summed E-state index contributed by atoms with van der Waals surface area (Å²) in [6.07, 6.45) is 5.20. The van der Waals surface area contributed by atoms with Gasteiger partial charge in [-0.15, -0.1) is 0 Å². The highest BCUT2D eigenvalue weighted by molar-refractivity contribution is 5.41. The molecule has 3 heteroatoms. The van der Waals surface area contributed by atoms with E-state index >= 15 is 0 Å². The predicted octanol–water partition coefficient (Wildman–Crippen LogP) is 3.40. The van der Waals surface area contributed by atoms with Gasteiger partial charge in [0.1, 0.15) is 5.82 Å². The number of pyridine rings is 1. The van der Waals surface area contributed by atoms with Gasteiger partial charge in [0, 0.05) is 19.3 Å². The molecule has 0 amide bonds. The van der Waals surface area contributed by atoms with Gasteiger partial charge < -0.3 is 10.0 Å². The molecule has 1 N–H and O–H groups in total. The summed E-state index contributed by atoms with van der Waals surface area (Å²) in [7, 11) is 0. The molecule has 0 aliphatic carbocycles. The maximum atomic E-state index is 9.67. The second-order valence-corrected chi connectivity index (χ2v) is 6.05. The molecule has 1 saturated heterocycles. The molecule has 1 aromatic rings. The Kier molecular flexibility index (Phi) is 4.81. The minimum Gasteiger partial charge on any atom is -0.389 e. The fraction of sp³-hybridized carbons (Fsp3) is 0.688. The fourth-order valence-corrected chi connectivity index (χ4v) is 2.88. The topological polar surface area (TPSA) is 36.4 Å². The maximum absolute atomic E-state index is 9.67. The van der Waals surface area contributed by atoms with Crippen molar-refractivity contribution < 1.29 is 5.11 Å². The lowest BCUT2D eigenvalue weighted by molar-refractivity contribution is 0.199. The van der Waals surface area contributed by atoms with E-state index in [1.54, 1.807) is 6.92 Å². The van der Waals surface area contributed by atoms with Crippen molar-refractivity contribution in [2.45, 2.75) is 46.1 Å². The molecule has 2 atom stereocenters. The van der Waals surface area contributed by atoms with Crippen LogP contribution in [0.1, 0.15) is 51.7 Å². The van der Waals surface area contributed by atoms with Crippen LogP contribution in [0.5, 0.6) is 0 Å². The quantitative estimate of drug-likeness (QED) is 0.907. The normalized spacial score (nSPS) is 22.4. The van der Waals surface area contributed by atoms with Crippen LogP contribution in [0.4, 0.5) is 5.82 Å². The fourth-order valence-electron chi connectivity index (χ4n) is 2.88. The number of rotatable bonds is 3. The van der Waals surface area contributed by atoms with Crippen molar-refractivity contribution in [3.05, 3.63) is 23.9 Å². The molecule has 0 radical (unpaired) electrons. The highest BCUT2D eigenvalue weighted by atomic mass is 16.3. The van der Waals surface area contributed by atoms with Crippen molar-refractivity contribution >= 4 is 5.82 Å². The average Bonchev–Trinajstić information content (AvgIpc) is 2.64. The SMILES string of the molecule is CC(O)c1ccnc(N2CCCC(C(C)C)CC2)c1. The smallest absolute Gasteiger partial charge is 0.128 e. The van der Waals surface area contributed by atoms with Gasteiger partial charge in [-0.3, -0.25) is 0 Å². The van der Waals surface area contributed by atoms with E-state index in [9.17, 15) is 5.11 Å². The Morgan fingerprint density at radius 3 is 2.74 bits per heavy atom. The molecular weight excluding hydrogens is 236 g/mol. The zero-order valence-corrected chi connectivity index (χ0v) is 12.3. The first kappa shape index (κ1) is 14.3. The number of aliphatic hydroxyl groups excluding tert-OH is 1. The van der Waals surface area contributed by atoms with Crippen LogP contribution >= 0.6 is 0 Å². The van der Waals surface area contributed by atoms with Gasteiger partial charge in [0.2, 0.25) is 0 Å². The van der Waals surface area contributed by atoms with Gasteiger partial charge in [-0.25, -0.2) is 4.98 Å². The molecule has 2 unspecified atom stereocenters. The number of aliphatic hydroxyl groups is 1. The van der Waals surface area contributed by atoms with Gasteiger partial charge in [0.25, 0.3) is 0 Å². The second kappa shape index (κ2) is 6.38. The zero-order valence-electron chi connectivity index (χ0n) is 12.3. The molecule has 2 rings (SSSR count). The molecule has 0 bridgehead atoms. The first-order valence-corrected chi connectivity index (χ1v) is 7.47. The summed E-state index contributed by atoms with van der Waals surface area (Å²) in [5.41, 5.74) is 0.953. The Balaban J connectivity index is 2.07. The van der Waals surface area contributed by atoms with E-state index in [2.05, 4.69) is 23.7 Å². The Morgan fingerprint density at radius 2 is 2.05 bits per heavy atom. The molecule has 0 spiro atoms.